The third-order valence-corrected chi connectivity index (χ3v) is 4.09. The zero-order valence-electron chi connectivity index (χ0n) is 9.75. The van der Waals surface area contributed by atoms with Crippen LogP contribution in [0.3, 0.4) is 0 Å². The highest BCUT2D eigenvalue weighted by Crippen LogP contribution is 2.29. The van der Waals surface area contributed by atoms with Crippen LogP contribution >= 0.6 is 46.4 Å². The average molecular weight is 423 g/mol. The van der Waals surface area contributed by atoms with Crippen LogP contribution in [0.2, 0.25) is 5.02 Å². The normalized spacial score (nSPS) is 11.2. The standard InChI is InChI=1S/C13H6ClF2IN2S/c14-8-3-6(15)4-9(16)12(8)19-11-2-1-7(17)5-10(11)18-13(19)20/h1-5H,(H,18,20). The number of aromatic nitrogens is 2. The van der Waals surface area contributed by atoms with Crippen molar-refractivity contribution < 1.29 is 8.78 Å². The highest BCUT2D eigenvalue weighted by atomic mass is 127. The first-order valence-electron chi connectivity index (χ1n) is 5.52. The number of halogens is 4. The summed E-state index contributed by atoms with van der Waals surface area (Å²) in [6, 6.07) is 7.42. The second-order valence-electron chi connectivity index (χ2n) is 4.15. The summed E-state index contributed by atoms with van der Waals surface area (Å²) in [6.45, 7) is 0. The van der Waals surface area contributed by atoms with E-state index in [1.54, 1.807) is 0 Å². The number of H-pyrrole nitrogens is 1. The molecule has 102 valence electrons. The minimum Gasteiger partial charge on any atom is -0.330 e. The number of aromatic amines is 1. The van der Waals surface area contributed by atoms with Gasteiger partial charge in [0.2, 0.25) is 0 Å². The van der Waals surface area contributed by atoms with Gasteiger partial charge in [0.15, 0.2) is 10.6 Å². The Bertz CT molecular complexity index is 865. The summed E-state index contributed by atoms with van der Waals surface area (Å²) >= 11 is 13.4. The van der Waals surface area contributed by atoms with Crippen molar-refractivity contribution in [2.24, 2.45) is 0 Å². The predicted octanol–water partition coefficient (Wildman–Crippen LogP) is 5.22. The molecule has 0 atom stereocenters. The monoisotopic (exact) mass is 422 g/mol. The van der Waals surface area contributed by atoms with Crippen LogP contribution in [0.5, 0.6) is 0 Å². The first-order chi connectivity index (χ1) is 9.47. The summed E-state index contributed by atoms with van der Waals surface area (Å²) in [6.07, 6.45) is 0. The SMILES string of the molecule is Fc1cc(F)c(-n2c(=S)[nH]c3cc(I)ccc32)c(Cl)c1. The largest absolute Gasteiger partial charge is 0.330 e. The quantitative estimate of drug-likeness (QED) is 0.421. The van der Waals surface area contributed by atoms with Crippen LogP contribution < -0.4 is 0 Å². The Balaban J connectivity index is 2.41. The van der Waals surface area contributed by atoms with Gasteiger partial charge in [-0.15, -0.1) is 0 Å². The molecule has 0 aliphatic carbocycles. The lowest BCUT2D eigenvalue weighted by Gasteiger charge is -2.08. The van der Waals surface area contributed by atoms with E-state index in [1.165, 1.54) is 4.57 Å². The van der Waals surface area contributed by atoms with Crippen LogP contribution in [0.1, 0.15) is 0 Å². The highest BCUT2D eigenvalue weighted by Gasteiger charge is 2.16. The highest BCUT2D eigenvalue weighted by molar-refractivity contribution is 14.1. The summed E-state index contributed by atoms with van der Waals surface area (Å²) in [5.74, 6) is -1.48. The lowest BCUT2D eigenvalue weighted by Crippen LogP contribution is -2.00. The molecule has 1 heterocycles. The van der Waals surface area contributed by atoms with Gasteiger partial charge in [0.1, 0.15) is 11.5 Å². The van der Waals surface area contributed by atoms with Crippen LogP contribution in [0.25, 0.3) is 16.7 Å². The van der Waals surface area contributed by atoms with Crippen molar-refractivity contribution in [3.8, 4) is 5.69 Å². The Kier molecular flexibility index (Phi) is 3.55. The van der Waals surface area contributed by atoms with E-state index in [9.17, 15) is 8.78 Å². The molecule has 0 aliphatic rings. The van der Waals surface area contributed by atoms with Crippen molar-refractivity contribution in [1.82, 2.24) is 9.55 Å². The summed E-state index contributed by atoms with van der Waals surface area (Å²) < 4.78 is 30.0. The molecular formula is C13H6ClF2IN2S. The number of nitrogens with zero attached hydrogens (tertiary/aromatic N) is 1. The van der Waals surface area contributed by atoms with Gasteiger partial charge >= 0.3 is 0 Å². The molecule has 2 nitrogen and oxygen atoms in total. The number of rotatable bonds is 1. The molecule has 0 bridgehead atoms. The Morgan fingerprint density at radius 3 is 2.65 bits per heavy atom. The maximum Gasteiger partial charge on any atom is 0.182 e. The Morgan fingerprint density at radius 1 is 1.20 bits per heavy atom. The van der Waals surface area contributed by atoms with Crippen LogP contribution in [-0.4, -0.2) is 9.55 Å². The first kappa shape index (κ1) is 14.0. The van der Waals surface area contributed by atoms with Gasteiger partial charge < -0.3 is 4.98 Å². The van der Waals surface area contributed by atoms with Crippen molar-refractivity contribution in [2.75, 3.05) is 0 Å². The van der Waals surface area contributed by atoms with Crippen molar-refractivity contribution in [3.63, 3.8) is 0 Å². The summed E-state index contributed by atoms with van der Waals surface area (Å²) in [5, 5.41) is -0.0296. The van der Waals surface area contributed by atoms with Gasteiger partial charge in [-0.1, -0.05) is 11.6 Å². The molecule has 0 aliphatic heterocycles. The van der Waals surface area contributed by atoms with Crippen LogP contribution in [0, 0.1) is 20.0 Å². The maximum absolute atomic E-state index is 14.1. The first-order valence-corrected chi connectivity index (χ1v) is 7.39. The molecule has 0 saturated heterocycles. The third kappa shape index (κ3) is 2.25. The molecule has 3 rings (SSSR count). The molecule has 0 spiro atoms. The van der Waals surface area contributed by atoms with Crippen molar-refractivity contribution in [1.29, 1.82) is 0 Å². The summed E-state index contributed by atoms with van der Waals surface area (Å²) in [5.41, 5.74) is 1.50. The lowest BCUT2D eigenvalue weighted by atomic mass is 10.2. The molecule has 0 fully saturated rings. The molecule has 0 radical (unpaired) electrons. The minimum atomic E-state index is -0.759. The van der Waals surface area contributed by atoms with Gasteiger partial charge in [-0.2, -0.15) is 0 Å². The molecular weight excluding hydrogens is 417 g/mol. The van der Waals surface area contributed by atoms with Gasteiger partial charge in [-0.25, -0.2) is 8.78 Å². The Hall–Kier alpha value is -0.990. The summed E-state index contributed by atoms with van der Waals surface area (Å²) in [4.78, 5) is 2.99. The van der Waals surface area contributed by atoms with E-state index in [4.69, 9.17) is 23.8 Å². The Morgan fingerprint density at radius 2 is 1.95 bits per heavy atom. The lowest BCUT2D eigenvalue weighted by molar-refractivity contribution is 0.578. The van der Waals surface area contributed by atoms with Crippen LogP contribution in [0.4, 0.5) is 8.78 Å². The number of hydrogen-bond acceptors (Lipinski definition) is 1. The zero-order chi connectivity index (χ0) is 14.4. The molecule has 2 aromatic carbocycles. The molecule has 0 unspecified atom stereocenters. The molecule has 0 amide bonds. The van der Waals surface area contributed by atoms with E-state index in [-0.39, 0.29) is 10.7 Å². The van der Waals surface area contributed by atoms with Crippen LogP contribution in [-0.2, 0) is 0 Å². The molecule has 20 heavy (non-hydrogen) atoms. The molecule has 0 saturated carbocycles. The number of imidazole rings is 1. The van der Waals surface area contributed by atoms with E-state index in [0.29, 0.717) is 10.3 Å². The smallest absolute Gasteiger partial charge is 0.182 e. The molecule has 1 aromatic heterocycles. The average Bonchev–Trinajstić information content (AvgIpc) is 2.64. The van der Waals surface area contributed by atoms with E-state index in [1.807, 2.05) is 18.2 Å². The number of hydrogen-bond donors (Lipinski definition) is 1. The van der Waals surface area contributed by atoms with E-state index in [2.05, 4.69) is 27.6 Å². The van der Waals surface area contributed by atoms with Gasteiger partial charge in [0.05, 0.1) is 16.1 Å². The molecule has 1 N–H and O–H groups in total. The second kappa shape index (κ2) is 5.09. The fourth-order valence-corrected chi connectivity index (χ4v) is 3.12. The number of nitrogens with one attached hydrogen (secondary N) is 1. The fraction of sp³-hybridized carbons (Fsp3) is 0. The van der Waals surface area contributed by atoms with Gasteiger partial charge in [0.25, 0.3) is 0 Å². The Labute approximate surface area is 136 Å². The van der Waals surface area contributed by atoms with Gasteiger partial charge in [-0.3, -0.25) is 4.57 Å². The van der Waals surface area contributed by atoms with Gasteiger partial charge in [0, 0.05) is 9.64 Å². The number of benzene rings is 2. The van der Waals surface area contributed by atoms with Crippen molar-refractivity contribution >= 4 is 57.4 Å². The fourth-order valence-electron chi connectivity index (χ4n) is 2.05. The second-order valence-corrected chi connectivity index (χ2v) is 6.18. The third-order valence-electron chi connectivity index (χ3n) is 2.85. The maximum atomic E-state index is 14.1. The van der Waals surface area contributed by atoms with E-state index < -0.39 is 11.6 Å². The van der Waals surface area contributed by atoms with Gasteiger partial charge in [-0.05, 0) is 59.1 Å². The topological polar surface area (TPSA) is 20.7 Å². The van der Waals surface area contributed by atoms with Crippen molar-refractivity contribution in [2.45, 2.75) is 0 Å². The van der Waals surface area contributed by atoms with Crippen LogP contribution in [0.15, 0.2) is 30.3 Å². The molecule has 7 heteroatoms. The van der Waals surface area contributed by atoms with E-state index in [0.717, 1.165) is 21.2 Å². The van der Waals surface area contributed by atoms with Crippen molar-refractivity contribution in [3.05, 3.63) is 55.3 Å². The molecule has 3 aromatic rings. The number of fused-ring (bicyclic) bond motifs is 1. The predicted molar refractivity (Wildman–Crippen MR) is 86.1 cm³/mol. The van der Waals surface area contributed by atoms with E-state index >= 15 is 0 Å². The summed E-state index contributed by atoms with van der Waals surface area (Å²) in [7, 11) is 0. The minimum absolute atomic E-state index is 0.0296. The zero-order valence-corrected chi connectivity index (χ0v) is 13.5.